The number of benzene rings is 1. The van der Waals surface area contributed by atoms with E-state index in [0.717, 1.165) is 31.5 Å². The van der Waals surface area contributed by atoms with Crippen LogP contribution < -0.4 is 0 Å². The molecule has 0 aliphatic heterocycles. The number of nitrogens with zero attached hydrogens (tertiary/aromatic N) is 1. The third-order valence-corrected chi connectivity index (χ3v) is 2.72. The van der Waals surface area contributed by atoms with Crippen molar-refractivity contribution in [2.24, 2.45) is 0 Å². The summed E-state index contributed by atoms with van der Waals surface area (Å²) in [4.78, 5) is 14.2. The molecule has 1 amide bonds. The summed E-state index contributed by atoms with van der Waals surface area (Å²) in [6.07, 6.45) is 1.93. The van der Waals surface area contributed by atoms with E-state index in [4.69, 9.17) is 5.11 Å². The zero-order valence-corrected chi connectivity index (χ0v) is 11.6. The number of aliphatic hydroxyl groups excluding tert-OH is 1. The molecule has 1 N–H and O–H groups in total. The molecule has 0 aromatic heterocycles. The molecule has 1 aromatic carbocycles. The highest BCUT2D eigenvalue weighted by molar-refractivity contribution is 5.94. The van der Waals surface area contributed by atoms with Crippen LogP contribution in [-0.4, -0.2) is 35.6 Å². The third kappa shape index (κ3) is 4.76. The second kappa shape index (κ2) is 8.34. The lowest BCUT2D eigenvalue weighted by Gasteiger charge is -2.21. The Morgan fingerprint density at radius 1 is 1.16 bits per heavy atom. The van der Waals surface area contributed by atoms with Crippen molar-refractivity contribution in [3.05, 3.63) is 35.4 Å². The van der Waals surface area contributed by atoms with Gasteiger partial charge in [-0.15, -0.1) is 0 Å². The molecule has 3 nitrogen and oxygen atoms in total. The van der Waals surface area contributed by atoms with E-state index in [-0.39, 0.29) is 12.5 Å². The number of amides is 1. The lowest BCUT2D eigenvalue weighted by atomic mass is 10.1. The molecular formula is C16H21NO2. The van der Waals surface area contributed by atoms with Crippen LogP contribution in [0.3, 0.4) is 0 Å². The number of hydrogen-bond donors (Lipinski definition) is 1. The van der Waals surface area contributed by atoms with Gasteiger partial charge in [-0.25, -0.2) is 0 Å². The van der Waals surface area contributed by atoms with Gasteiger partial charge in [-0.05, 0) is 37.1 Å². The summed E-state index contributed by atoms with van der Waals surface area (Å²) in [5.74, 6) is 5.48. The minimum absolute atomic E-state index is 0.0744. The van der Waals surface area contributed by atoms with E-state index in [0.29, 0.717) is 5.56 Å². The summed E-state index contributed by atoms with van der Waals surface area (Å²) in [5, 5.41) is 8.63. The van der Waals surface area contributed by atoms with Gasteiger partial charge in [0, 0.05) is 24.2 Å². The van der Waals surface area contributed by atoms with Crippen LogP contribution in [-0.2, 0) is 0 Å². The SMILES string of the molecule is CCCN(CCC)C(=O)c1ccc(C#CCO)cc1. The van der Waals surface area contributed by atoms with Gasteiger partial charge in [0.15, 0.2) is 0 Å². The van der Waals surface area contributed by atoms with Gasteiger partial charge in [-0.2, -0.15) is 0 Å². The number of aliphatic hydroxyl groups is 1. The minimum atomic E-state index is -0.151. The van der Waals surface area contributed by atoms with Gasteiger partial charge in [-0.3, -0.25) is 4.79 Å². The first-order valence-corrected chi connectivity index (χ1v) is 6.72. The molecule has 0 saturated heterocycles. The van der Waals surface area contributed by atoms with Crippen molar-refractivity contribution in [2.45, 2.75) is 26.7 Å². The summed E-state index contributed by atoms with van der Waals surface area (Å²) < 4.78 is 0. The molecule has 1 rings (SSSR count). The second-order valence-corrected chi connectivity index (χ2v) is 4.33. The van der Waals surface area contributed by atoms with E-state index in [1.165, 1.54) is 0 Å². The molecule has 0 atom stereocenters. The normalized spacial score (nSPS) is 9.63. The molecule has 19 heavy (non-hydrogen) atoms. The molecule has 0 spiro atoms. The Hall–Kier alpha value is -1.79. The fraction of sp³-hybridized carbons (Fsp3) is 0.438. The van der Waals surface area contributed by atoms with Crippen LogP contribution in [0.1, 0.15) is 42.6 Å². The predicted molar refractivity (Wildman–Crippen MR) is 76.9 cm³/mol. The Morgan fingerprint density at radius 2 is 1.74 bits per heavy atom. The average Bonchev–Trinajstić information content (AvgIpc) is 2.44. The molecule has 0 fully saturated rings. The van der Waals surface area contributed by atoms with Crippen LogP contribution in [0.4, 0.5) is 0 Å². The van der Waals surface area contributed by atoms with Crippen molar-refractivity contribution in [1.29, 1.82) is 0 Å². The summed E-state index contributed by atoms with van der Waals surface area (Å²) in [6, 6.07) is 7.21. The minimum Gasteiger partial charge on any atom is -0.384 e. The highest BCUT2D eigenvalue weighted by atomic mass is 16.2. The van der Waals surface area contributed by atoms with Crippen molar-refractivity contribution in [2.75, 3.05) is 19.7 Å². The van der Waals surface area contributed by atoms with E-state index in [1.54, 1.807) is 12.1 Å². The van der Waals surface area contributed by atoms with Crippen molar-refractivity contribution in [1.82, 2.24) is 4.90 Å². The molecule has 0 heterocycles. The maximum Gasteiger partial charge on any atom is 0.253 e. The molecule has 0 aliphatic rings. The third-order valence-electron chi connectivity index (χ3n) is 2.72. The van der Waals surface area contributed by atoms with Gasteiger partial charge in [0.2, 0.25) is 0 Å². The summed E-state index contributed by atoms with van der Waals surface area (Å²) in [7, 11) is 0. The van der Waals surface area contributed by atoms with Gasteiger partial charge in [0.1, 0.15) is 6.61 Å². The standard InChI is InChI=1S/C16H21NO2/c1-3-11-17(12-4-2)16(19)15-9-7-14(8-10-15)6-5-13-18/h7-10,18H,3-4,11-13H2,1-2H3. The van der Waals surface area contributed by atoms with E-state index >= 15 is 0 Å². The Morgan fingerprint density at radius 3 is 2.21 bits per heavy atom. The van der Waals surface area contributed by atoms with E-state index < -0.39 is 0 Å². The molecule has 0 bridgehead atoms. The maximum absolute atomic E-state index is 12.3. The highest BCUT2D eigenvalue weighted by Crippen LogP contribution is 2.08. The van der Waals surface area contributed by atoms with Crippen molar-refractivity contribution in [3.8, 4) is 11.8 Å². The smallest absolute Gasteiger partial charge is 0.253 e. The fourth-order valence-corrected chi connectivity index (χ4v) is 1.88. The zero-order chi connectivity index (χ0) is 14.1. The lowest BCUT2D eigenvalue weighted by Crippen LogP contribution is -2.32. The first-order valence-electron chi connectivity index (χ1n) is 6.72. The Kier molecular flexibility index (Phi) is 6.70. The van der Waals surface area contributed by atoms with Crippen molar-refractivity contribution >= 4 is 5.91 Å². The molecule has 0 saturated carbocycles. The monoisotopic (exact) mass is 259 g/mol. The Balaban J connectivity index is 2.80. The van der Waals surface area contributed by atoms with Gasteiger partial charge in [0.05, 0.1) is 0 Å². The van der Waals surface area contributed by atoms with Crippen molar-refractivity contribution < 1.29 is 9.90 Å². The van der Waals surface area contributed by atoms with Crippen LogP contribution in [0.5, 0.6) is 0 Å². The van der Waals surface area contributed by atoms with Crippen LogP contribution in [0.25, 0.3) is 0 Å². The first kappa shape index (κ1) is 15.3. The van der Waals surface area contributed by atoms with E-state index in [2.05, 4.69) is 25.7 Å². The zero-order valence-electron chi connectivity index (χ0n) is 11.6. The molecule has 0 unspecified atom stereocenters. The summed E-state index contributed by atoms with van der Waals surface area (Å²) in [6.45, 7) is 5.58. The topological polar surface area (TPSA) is 40.5 Å². The van der Waals surface area contributed by atoms with Crippen LogP contribution >= 0.6 is 0 Å². The number of carbonyl (C=O) groups is 1. The quantitative estimate of drug-likeness (QED) is 0.824. The molecule has 1 aromatic rings. The second-order valence-electron chi connectivity index (χ2n) is 4.33. The molecule has 3 heteroatoms. The van der Waals surface area contributed by atoms with Crippen LogP contribution in [0, 0.1) is 11.8 Å². The number of rotatable bonds is 5. The summed E-state index contributed by atoms with van der Waals surface area (Å²) in [5.41, 5.74) is 1.50. The largest absolute Gasteiger partial charge is 0.384 e. The van der Waals surface area contributed by atoms with E-state index in [9.17, 15) is 4.79 Å². The van der Waals surface area contributed by atoms with E-state index in [1.807, 2.05) is 17.0 Å². The van der Waals surface area contributed by atoms with Crippen LogP contribution in [0.2, 0.25) is 0 Å². The number of hydrogen-bond acceptors (Lipinski definition) is 2. The highest BCUT2D eigenvalue weighted by Gasteiger charge is 2.13. The van der Waals surface area contributed by atoms with Gasteiger partial charge < -0.3 is 10.0 Å². The van der Waals surface area contributed by atoms with Crippen molar-refractivity contribution in [3.63, 3.8) is 0 Å². The van der Waals surface area contributed by atoms with Crippen LogP contribution in [0.15, 0.2) is 24.3 Å². The average molecular weight is 259 g/mol. The maximum atomic E-state index is 12.3. The number of carbonyl (C=O) groups excluding carboxylic acids is 1. The fourth-order valence-electron chi connectivity index (χ4n) is 1.88. The lowest BCUT2D eigenvalue weighted by molar-refractivity contribution is 0.0755. The van der Waals surface area contributed by atoms with Gasteiger partial charge in [0.25, 0.3) is 5.91 Å². The van der Waals surface area contributed by atoms with Gasteiger partial charge in [-0.1, -0.05) is 25.7 Å². The molecule has 0 radical (unpaired) electrons. The molecular weight excluding hydrogens is 238 g/mol. The molecule has 0 aliphatic carbocycles. The first-order chi connectivity index (χ1) is 9.22. The Labute approximate surface area is 115 Å². The van der Waals surface area contributed by atoms with Gasteiger partial charge >= 0.3 is 0 Å². The molecule has 102 valence electrons. The predicted octanol–water partition coefficient (Wildman–Crippen LogP) is 2.29. The summed E-state index contributed by atoms with van der Waals surface area (Å²) >= 11 is 0. The Bertz CT molecular complexity index is 448.